The van der Waals surface area contributed by atoms with Crippen molar-refractivity contribution in [3.05, 3.63) is 35.6 Å². The molecule has 0 aromatic heterocycles. The van der Waals surface area contributed by atoms with E-state index in [1.807, 2.05) is 7.05 Å². The molecule has 78 valence electrons. The summed E-state index contributed by atoms with van der Waals surface area (Å²) in [6, 6.07) is 0. The van der Waals surface area contributed by atoms with Crippen molar-refractivity contribution in [1.29, 1.82) is 0 Å². The maximum Gasteiger partial charge on any atom is 0.143 e. The first kappa shape index (κ1) is 11.0. The minimum Gasteiger partial charge on any atom is -0.388 e. The predicted octanol–water partition coefficient (Wildman–Crippen LogP) is 1.33. The average molecular weight is 195 g/mol. The molecular formula is C11H17NO2. The SMILES string of the molecule is CNC1=CC=C(CCOCO)CC=C1. The molecule has 0 saturated heterocycles. The molecule has 0 spiro atoms. The van der Waals surface area contributed by atoms with Gasteiger partial charge in [0.15, 0.2) is 0 Å². The zero-order valence-electron chi connectivity index (χ0n) is 8.49. The van der Waals surface area contributed by atoms with E-state index in [2.05, 4.69) is 29.6 Å². The topological polar surface area (TPSA) is 41.5 Å². The highest BCUT2D eigenvalue weighted by atomic mass is 16.6. The number of hydrogen-bond donors (Lipinski definition) is 2. The molecule has 0 heterocycles. The van der Waals surface area contributed by atoms with E-state index in [0.29, 0.717) is 6.61 Å². The van der Waals surface area contributed by atoms with E-state index in [1.54, 1.807) is 0 Å². The summed E-state index contributed by atoms with van der Waals surface area (Å²) in [7, 11) is 1.91. The summed E-state index contributed by atoms with van der Waals surface area (Å²) in [5, 5.41) is 11.5. The Morgan fingerprint density at radius 2 is 2.36 bits per heavy atom. The van der Waals surface area contributed by atoms with Gasteiger partial charge in [0, 0.05) is 12.7 Å². The molecule has 3 heteroatoms. The number of hydrogen-bond acceptors (Lipinski definition) is 3. The number of aliphatic hydroxyl groups is 1. The second kappa shape index (κ2) is 6.40. The van der Waals surface area contributed by atoms with Crippen LogP contribution in [0.1, 0.15) is 12.8 Å². The molecule has 0 radical (unpaired) electrons. The van der Waals surface area contributed by atoms with Crippen molar-refractivity contribution < 1.29 is 9.84 Å². The van der Waals surface area contributed by atoms with Gasteiger partial charge >= 0.3 is 0 Å². The van der Waals surface area contributed by atoms with Crippen LogP contribution in [0.2, 0.25) is 0 Å². The molecule has 1 rings (SSSR count). The second-order valence-electron chi connectivity index (χ2n) is 3.09. The number of aliphatic hydroxyl groups excluding tert-OH is 1. The molecule has 0 unspecified atom stereocenters. The molecule has 0 atom stereocenters. The summed E-state index contributed by atoms with van der Waals surface area (Å²) in [5.74, 6) is 0. The van der Waals surface area contributed by atoms with Crippen LogP contribution in [0.4, 0.5) is 0 Å². The Kier molecular flexibility index (Phi) is 5.04. The Morgan fingerprint density at radius 3 is 3.07 bits per heavy atom. The van der Waals surface area contributed by atoms with Gasteiger partial charge in [-0.2, -0.15) is 0 Å². The van der Waals surface area contributed by atoms with Gasteiger partial charge in [0.1, 0.15) is 6.79 Å². The van der Waals surface area contributed by atoms with E-state index in [4.69, 9.17) is 9.84 Å². The smallest absolute Gasteiger partial charge is 0.143 e. The Bertz CT molecular complexity index is 254. The molecule has 2 N–H and O–H groups in total. The highest BCUT2D eigenvalue weighted by molar-refractivity contribution is 5.29. The molecule has 0 bridgehead atoms. The average Bonchev–Trinajstić information content (AvgIpc) is 2.43. The van der Waals surface area contributed by atoms with Crippen molar-refractivity contribution in [1.82, 2.24) is 5.32 Å². The van der Waals surface area contributed by atoms with Crippen LogP contribution in [0.15, 0.2) is 35.6 Å². The number of ether oxygens (including phenoxy) is 1. The Morgan fingerprint density at radius 1 is 1.50 bits per heavy atom. The van der Waals surface area contributed by atoms with Crippen molar-refractivity contribution in [3.63, 3.8) is 0 Å². The quantitative estimate of drug-likeness (QED) is 0.513. The number of likely N-dealkylation sites (N-methyl/N-ethyl adjacent to an activating group) is 1. The van der Waals surface area contributed by atoms with Gasteiger partial charge in [0.2, 0.25) is 0 Å². The van der Waals surface area contributed by atoms with Gasteiger partial charge in [0.05, 0.1) is 6.61 Å². The van der Waals surface area contributed by atoms with Crippen LogP contribution in [0, 0.1) is 0 Å². The summed E-state index contributed by atoms with van der Waals surface area (Å²) < 4.78 is 4.88. The maximum absolute atomic E-state index is 8.45. The first-order valence-electron chi connectivity index (χ1n) is 4.79. The van der Waals surface area contributed by atoms with Gasteiger partial charge in [-0.25, -0.2) is 0 Å². The lowest BCUT2D eigenvalue weighted by Gasteiger charge is -2.02. The van der Waals surface area contributed by atoms with Gasteiger partial charge in [-0.1, -0.05) is 17.7 Å². The summed E-state index contributed by atoms with van der Waals surface area (Å²) in [4.78, 5) is 0. The fourth-order valence-electron chi connectivity index (χ4n) is 1.29. The van der Waals surface area contributed by atoms with Gasteiger partial charge in [-0.3, -0.25) is 0 Å². The first-order valence-corrected chi connectivity index (χ1v) is 4.79. The molecule has 3 nitrogen and oxygen atoms in total. The van der Waals surface area contributed by atoms with Crippen LogP contribution in [0.3, 0.4) is 0 Å². The number of rotatable bonds is 5. The summed E-state index contributed by atoms with van der Waals surface area (Å²) in [6.07, 6.45) is 10.2. The normalized spacial score (nSPS) is 15.9. The molecule has 0 fully saturated rings. The van der Waals surface area contributed by atoms with Crippen LogP contribution >= 0.6 is 0 Å². The summed E-state index contributed by atoms with van der Waals surface area (Å²) in [5.41, 5.74) is 2.43. The van der Waals surface area contributed by atoms with E-state index in [0.717, 1.165) is 18.5 Å². The molecule has 0 saturated carbocycles. The van der Waals surface area contributed by atoms with Crippen LogP contribution in [0.25, 0.3) is 0 Å². The van der Waals surface area contributed by atoms with Crippen LogP contribution in [-0.4, -0.2) is 25.6 Å². The zero-order valence-corrected chi connectivity index (χ0v) is 8.49. The van der Waals surface area contributed by atoms with Gasteiger partial charge < -0.3 is 15.2 Å². The lowest BCUT2D eigenvalue weighted by Crippen LogP contribution is -2.01. The summed E-state index contributed by atoms with van der Waals surface area (Å²) in [6.45, 7) is 0.389. The van der Waals surface area contributed by atoms with Crippen molar-refractivity contribution >= 4 is 0 Å². The molecular weight excluding hydrogens is 178 g/mol. The lowest BCUT2D eigenvalue weighted by molar-refractivity contribution is 0.000189. The highest BCUT2D eigenvalue weighted by Crippen LogP contribution is 2.13. The third kappa shape index (κ3) is 3.77. The zero-order chi connectivity index (χ0) is 10.2. The molecule has 14 heavy (non-hydrogen) atoms. The Balaban J connectivity index is 2.43. The monoisotopic (exact) mass is 195 g/mol. The third-order valence-corrected chi connectivity index (χ3v) is 2.12. The lowest BCUT2D eigenvalue weighted by atomic mass is 10.1. The summed E-state index contributed by atoms with van der Waals surface area (Å²) >= 11 is 0. The fraction of sp³-hybridized carbons (Fsp3) is 0.455. The van der Waals surface area contributed by atoms with Gasteiger partial charge in [0.25, 0.3) is 0 Å². The van der Waals surface area contributed by atoms with Crippen molar-refractivity contribution in [3.8, 4) is 0 Å². The van der Waals surface area contributed by atoms with E-state index in [9.17, 15) is 0 Å². The minimum atomic E-state index is -0.194. The van der Waals surface area contributed by atoms with Crippen LogP contribution in [0.5, 0.6) is 0 Å². The van der Waals surface area contributed by atoms with Gasteiger partial charge in [-0.15, -0.1) is 0 Å². The highest BCUT2D eigenvalue weighted by Gasteiger charge is 1.98. The Hall–Kier alpha value is -1.06. The van der Waals surface area contributed by atoms with Crippen molar-refractivity contribution in [2.75, 3.05) is 20.4 Å². The molecule has 1 aliphatic rings. The predicted molar refractivity (Wildman–Crippen MR) is 56.6 cm³/mol. The molecule has 0 aliphatic heterocycles. The Labute approximate surface area is 84.8 Å². The largest absolute Gasteiger partial charge is 0.388 e. The number of nitrogens with one attached hydrogen (secondary N) is 1. The van der Waals surface area contributed by atoms with E-state index in [-0.39, 0.29) is 6.79 Å². The molecule has 0 aromatic rings. The van der Waals surface area contributed by atoms with Crippen molar-refractivity contribution in [2.45, 2.75) is 12.8 Å². The van der Waals surface area contributed by atoms with E-state index in [1.165, 1.54) is 5.57 Å². The third-order valence-electron chi connectivity index (χ3n) is 2.12. The standard InChI is InChI=1S/C11H17NO2/c1-12-11-4-2-3-10(5-6-11)7-8-14-9-13/h2,4-6,12-13H,3,7-9H2,1H3. The van der Waals surface area contributed by atoms with Gasteiger partial charge in [-0.05, 0) is 25.0 Å². The molecule has 0 aromatic carbocycles. The van der Waals surface area contributed by atoms with Crippen LogP contribution in [-0.2, 0) is 4.74 Å². The van der Waals surface area contributed by atoms with E-state index < -0.39 is 0 Å². The van der Waals surface area contributed by atoms with Crippen LogP contribution < -0.4 is 5.32 Å². The second-order valence-corrected chi connectivity index (χ2v) is 3.09. The molecule has 0 amide bonds. The van der Waals surface area contributed by atoms with Crippen molar-refractivity contribution in [2.24, 2.45) is 0 Å². The molecule has 1 aliphatic carbocycles. The maximum atomic E-state index is 8.45. The number of allylic oxidation sites excluding steroid dienone is 4. The first-order chi connectivity index (χ1) is 6.86. The minimum absolute atomic E-state index is 0.194. The van der Waals surface area contributed by atoms with E-state index >= 15 is 0 Å². The fourth-order valence-corrected chi connectivity index (χ4v) is 1.29.